The minimum absolute atomic E-state index is 0.0407. The molecule has 1 aliphatic heterocycles. The molecule has 5 rings (SSSR count). The second-order valence-corrected chi connectivity index (χ2v) is 9.31. The molecule has 0 aliphatic carbocycles. The molecule has 34 heavy (non-hydrogen) atoms. The number of ether oxygens (including phenoxy) is 1. The Balaban J connectivity index is 1.10. The van der Waals surface area contributed by atoms with Gasteiger partial charge in [0.2, 0.25) is 0 Å². The maximum atomic E-state index is 12.4. The number of carbonyl (C=O) groups is 1. The van der Waals surface area contributed by atoms with Gasteiger partial charge in [-0.05, 0) is 48.5 Å². The summed E-state index contributed by atoms with van der Waals surface area (Å²) in [4.78, 5) is 20.9. The van der Waals surface area contributed by atoms with Crippen LogP contribution in [-0.4, -0.2) is 55.7 Å². The third-order valence-electron chi connectivity index (χ3n) is 6.11. The highest BCUT2D eigenvalue weighted by atomic mass is 32.1. The van der Waals surface area contributed by atoms with Crippen LogP contribution in [0.4, 0.5) is 0 Å². The summed E-state index contributed by atoms with van der Waals surface area (Å²) in [6.07, 6.45) is 5.11. The Kier molecular flexibility index (Phi) is 6.78. The normalized spacial score (nSPS) is 14.6. The van der Waals surface area contributed by atoms with Gasteiger partial charge in [0.25, 0.3) is 5.91 Å². The van der Waals surface area contributed by atoms with Crippen LogP contribution >= 0.6 is 11.7 Å². The lowest BCUT2D eigenvalue weighted by atomic mass is 10.1. The Morgan fingerprint density at radius 2 is 1.85 bits per heavy atom. The first-order valence-electron chi connectivity index (χ1n) is 11.5. The SMILES string of the molecule is CN(Cc1ccc(OC2CCN(C(=O)c3cnsn3)CC2)cc1)Cc1ccc2ncccc2c1. The molecule has 1 amide bonds. The van der Waals surface area contributed by atoms with Crippen LogP contribution in [0.3, 0.4) is 0 Å². The second kappa shape index (κ2) is 10.3. The van der Waals surface area contributed by atoms with Crippen molar-refractivity contribution < 1.29 is 9.53 Å². The average molecular weight is 474 g/mol. The van der Waals surface area contributed by atoms with Gasteiger partial charge in [0, 0.05) is 50.6 Å². The molecule has 1 aliphatic rings. The number of hydrogen-bond donors (Lipinski definition) is 0. The van der Waals surface area contributed by atoms with Gasteiger partial charge in [0.1, 0.15) is 11.9 Å². The van der Waals surface area contributed by atoms with Gasteiger partial charge < -0.3 is 9.64 Å². The molecule has 0 spiro atoms. The van der Waals surface area contributed by atoms with Crippen LogP contribution < -0.4 is 4.74 Å². The molecule has 8 heteroatoms. The van der Waals surface area contributed by atoms with Gasteiger partial charge in [-0.1, -0.05) is 24.3 Å². The van der Waals surface area contributed by atoms with Crippen molar-refractivity contribution in [1.82, 2.24) is 23.5 Å². The second-order valence-electron chi connectivity index (χ2n) is 8.75. The van der Waals surface area contributed by atoms with Crippen LogP contribution in [0.25, 0.3) is 10.9 Å². The van der Waals surface area contributed by atoms with Gasteiger partial charge in [-0.2, -0.15) is 8.75 Å². The van der Waals surface area contributed by atoms with E-state index in [4.69, 9.17) is 4.74 Å². The maximum Gasteiger partial charge on any atom is 0.275 e. The number of likely N-dealkylation sites (tertiary alicyclic amines) is 1. The summed E-state index contributed by atoms with van der Waals surface area (Å²) < 4.78 is 14.1. The number of hydrogen-bond acceptors (Lipinski definition) is 7. The lowest BCUT2D eigenvalue weighted by molar-refractivity contribution is 0.0591. The van der Waals surface area contributed by atoms with Crippen LogP contribution in [0.15, 0.2) is 67.0 Å². The quantitative estimate of drug-likeness (QED) is 0.396. The highest BCUT2D eigenvalue weighted by molar-refractivity contribution is 6.99. The summed E-state index contributed by atoms with van der Waals surface area (Å²) in [6.45, 7) is 3.08. The van der Waals surface area contributed by atoms with Crippen molar-refractivity contribution in [3.8, 4) is 5.75 Å². The smallest absolute Gasteiger partial charge is 0.275 e. The van der Waals surface area contributed by atoms with E-state index in [1.165, 1.54) is 22.7 Å². The molecule has 1 fully saturated rings. The summed E-state index contributed by atoms with van der Waals surface area (Å²) in [5.41, 5.74) is 3.98. The summed E-state index contributed by atoms with van der Waals surface area (Å²) in [6, 6.07) is 18.9. The molecule has 0 saturated carbocycles. The predicted molar refractivity (Wildman–Crippen MR) is 133 cm³/mol. The Morgan fingerprint density at radius 3 is 2.62 bits per heavy atom. The Morgan fingerprint density at radius 1 is 1.09 bits per heavy atom. The van der Waals surface area contributed by atoms with Crippen LogP contribution in [0.5, 0.6) is 5.75 Å². The topological polar surface area (TPSA) is 71.5 Å². The molecule has 0 atom stereocenters. The number of benzene rings is 2. The minimum atomic E-state index is -0.0407. The molecule has 1 saturated heterocycles. The molecule has 174 valence electrons. The van der Waals surface area contributed by atoms with Crippen molar-refractivity contribution in [3.05, 3.63) is 83.8 Å². The number of amides is 1. The molecule has 0 radical (unpaired) electrons. The standard InChI is InChI=1S/C26H27N5O2S/c1-30(18-20-6-9-24-21(15-20)3-2-12-27-24)17-19-4-7-22(8-5-19)33-23-10-13-31(14-11-23)26(32)25-16-28-34-29-25/h2-9,12,15-16,23H,10-11,13-14,17-18H2,1H3. The molecule has 0 N–H and O–H groups in total. The number of carbonyl (C=O) groups excluding carboxylic acids is 1. The zero-order valence-corrected chi connectivity index (χ0v) is 19.9. The Bertz CT molecular complexity index is 1240. The molecule has 2 aromatic carbocycles. The first kappa shape index (κ1) is 22.4. The van der Waals surface area contributed by atoms with E-state index in [1.54, 1.807) is 0 Å². The molecule has 2 aromatic heterocycles. The van der Waals surface area contributed by atoms with Crippen molar-refractivity contribution in [3.63, 3.8) is 0 Å². The van der Waals surface area contributed by atoms with E-state index < -0.39 is 0 Å². The lowest BCUT2D eigenvalue weighted by Crippen LogP contribution is -2.41. The Hall–Kier alpha value is -3.36. The van der Waals surface area contributed by atoms with E-state index in [9.17, 15) is 4.79 Å². The monoisotopic (exact) mass is 473 g/mol. The summed E-state index contributed by atoms with van der Waals surface area (Å²) in [5, 5.41) is 1.17. The fraction of sp³-hybridized carbons (Fsp3) is 0.308. The molecular weight excluding hydrogens is 446 g/mol. The summed E-state index contributed by atoms with van der Waals surface area (Å²) in [5.74, 6) is 0.836. The minimum Gasteiger partial charge on any atom is -0.490 e. The first-order valence-corrected chi connectivity index (χ1v) is 12.2. The van der Waals surface area contributed by atoms with Gasteiger partial charge in [-0.25, -0.2) is 0 Å². The number of piperidine rings is 1. The molecule has 0 unspecified atom stereocenters. The number of pyridine rings is 1. The van der Waals surface area contributed by atoms with Crippen LogP contribution in [-0.2, 0) is 13.1 Å². The third kappa shape index (κ3) is 5.40. The van der Waals surface area contributed by atoms with Crippen molar-refractivity contribution in [1.29, 1.82) is 0 Å². The van der Waals surface area contributed by atoms with Gasteiger partial charge in [-0.3, -0.25) is 14.7 Å². The van der Waals surface area contributed by atoms with Crippen molar-refractivity contribution in [2.45, 2.75) is 32.0 Å². The maximum absolute atomic E-state index is 12.4. The van der Waals surface area contributed by atoms with Crippen LogP contribution in [0.1, 0.15) is 34.5 Å². The van der Waals surface area contributed by atoms with Crippen LogP contribution in [0, 0.1) is 0 Å². The first-order chi connectivity index (χ1) is 16.6. The van der Waals surface area contributed by atoms with E-state index in [2.05, 4.69) is 62.1 Å². The number of nitrogens with zero attached hydrogens (tertiary/aromatic N) is 5. The molecule has 4 aromatic rings. The average Bonchev–Trinajstić information content (AvgIpc) is 3.40. The number of rotatable bonds is 7. The third-order valence-corrected chi connectivity index (χ3v) is 6.59. The number of aromatic nitrogens is 3. The van der Waals surface area contributed by atoms with E-state index in [0.29, 0.717) is 18.8 Å². The molecular formula is C26H27N5O2S. The van der Waals surface area contributed by atoms with Crippen LogP contribution in [0.2, 0.25) is 0 Å². The van der Waals surface area contributed by atoms with Gasteiger partial charge in [-0.15, -0.1) is 0 Å². The summed E-state index contributed by atoms with van der Waals surface area (Å²) in [7, 11) is 2.13. The molecule has 3 heterocycles. The molecule has 0 bridgehead atoms. The van der Waals surface area contributed by atoms with E-state index in [0.717, 1.165) is 48.9 Å². The summed E-state index contributed by atoms with van der Waals surface area (Å²) >= 11 is 1.06. The fourth-order valence-corrected chi connectivity index (χ4v) is 4.77. The number of fused-ring (bicyclic) bond motifs is 1. The van der Waals surface area contributed by atoms with E-state index in [-0.39, 0.29) is 12.0 Å². The van der Waals surface area contributed by atoms with Crippen molar-refractivity contribution in [2.75, 3.05) is 20.1 Å². The predicted octanol–water partition coefficient (Wildman–Crippen LogP) is 4.40. The van der Waals surface area contributed by atoms with Gasteiger partial charge in [0.15, 0.2) is 5.69 Å². The molecule has 7 nitrogen and oxygen atoms in total. The Labute approximate surface area is 203 Å². The van der Waals surface area contributed by atoms with Crippen molar-refractivity contribution in [2.24, 2.45) is 0 Å². The van der Waals surface area contributed by atoms with Gasteiger partial charge >= 0.3 is 0 Å². The van der Waals surface area contributed by atoms with Crippen molar-refractivity contribution >= 4 is 28.5 Å². The largest absolute Gasteiger partial charge is 0.490 e. The highest BCUT2D eigenvalue weighted by Crippen LogP contribution is 2.21. The van der Waals surface area contributed by atoms with E-state index in [1.807, 2.05) is 29.3 Å². The zero-order valence-electron chi connectivity index (χ0n) is 19.1. The lowest BCUT2D eigenvalue weighted by Gasteiger charge is -2.31. The van der Waals surface area contributed by atoms with E-state index >= 15 is 0 Å². The van der Waals surface area contributed by atoms with Gasteiger partial charge in [0.05, 0.1) is 23.4 Å². The highest BCUT2D eigenvalue weighted by Gasteiger charge is 2.25. The fourth-order valence-electron chi connectivity index (χ4n) is 4.37. The zero-order chi connectivity index (χ0) is 23.3.